The monoisotopic (exact) mass is 341 g/mol. The van der Waals surface area contributed by atoms with Crippen molar-refractivity contribution in [1.29, 1.82) is 0 Å². The summed E-state index contributed by atoms with van der Waals surface area (Å²) < 4.78 is 0. The van der Waals surface area contributed by atoms with Crippen LogP contribution in [0.3, 0.4) is 0 Å². The van der Waals surface area contributed by atoms with Crippen LogP contribution in [0.5, 0.6) is 0 Å². The summed E-state index contributed by atoms with van der Waals surface area (Å²) in [6.07, 6.45) is 1.79. The second kappa shape index (κ2) is 5.68. The number of hydrazine groups is 1. The molecule has 2 saturated heterocycles. The van der Waals surface area contributed by atoms with Gasteiger partial charge in [0.2, 0.25) is 5.91 Å². The van der Waals surface area contributed by atoms with Gasteiger partial charge in [-0.3, -0.25) is 29.1 Å². The van der Waals surface area contributed by atoms with Crippen molar-refractivity contribution in [2.75, 3.05) is 13.1 Å². The predicted octanol–water partition coefficient (Wildman–Crippen LogP) is 1.06. The summed E-state index contributed by atoms with van der Waals surface area (Å²) in [4.78, 5) is 52.3. The molecule has 0 aliphatic carbocycles. The summed E-state index contributed by atoms with van der Waals surface area (Å²) in [7, 11) is 0. The van der Waals surface area contributed by atoms with E-state index < -0.39 is 23.8 Å². The van der Waals surface area contributed by atoms with Crippen LogP contribution in [0.1, 0.15) is 46.9 Å². The highest BCUT2D eigenvalue weighted by atomic mass is 16.2. The average molecular weight is 341 g/mol. The first kappa shape index (κ1) is 15.8. The van der Waals surface area contributed by atoms with Gasteiger partial charge in [0, 0.05) is 19.5 Å². The largest absolute Gasteiger partial charge is 0.273 e. The first-order valence-electron chi connectivity index (χ1n) is 8.59. The summed E-state index contributed by atoms with van der Waals surface area (Å²) >= 11 is 0. The number of fused-ring (bicyclic) bond motifs is 2. The van der Waals surface area contributed by atoms with E-state index in [9.17, 15) is 19.2 Å². The third-order valence-corrected chi connectivity index (χ3v) is 5.22. The van der Waals surface area contributed by atoms with E-state index in [1.807, 2.05) is 0 Å². The molecule has 2 atom stereocenters. The summed E-state index contributed by atoms with van der Waals surface area (Å²) in [5.74, 6) is -1.80. The molecule has 0 spiro atoms. The molecule has 0 saturated carbocycles. The second-order valence-corrected chi connectivity index (χ2v) is 6.84. The fourth-order valence-corrected chi connectivity index (χ4v) is 3.97. The lowest BCUT2D eigenvalue weighted by molar-refractivity contribution is -0.166. The van der Waals surface area contributed by atoms with Gasteiger partial charge < -0.3 is 0 Å². The molecule has 3 aliphatic heterocycles. The molecule has 0 N–H and O–H groups in total. The number of carbonyl (C=O) groups is 4. The van der Waals surface area contributed by atoms with Crippen LogP contribution in [-0.4, -0.2) is 57.7 Å². The highest BCUT2D eigenvalue weighted by Gasteiger charge is 2.49. The molecule has 3 heterocycles. The van der Waals surface area contributed by atoms with Crippen molar-refractivity contribution in [2.45, 2.75) is 32.2 Å². The average Bonchev–Trinajstić information content (AvgIpc) is 2.82. The van der Waals surface area contributed by atoms with Gasteiger partial charge in [0.1, 0.15) is 6.04 Å². The van der Waals surface area contributed by atoms with E-state index in [4.69, 9.17) is 0 Å². The quantitative estimate of drug-likeness (QED) is 0.716. The van der Waals surface area contributed by atoms with Crippen LogP contribution >= 0.6 is 0 Å². The third-order valence-electron chi connectivity index (χ3n) is 5.22. The van der Waals surface area contributed by atoms with Crippen LogP contribution in [0.15, 0.2) is 24.3 Å². The van der Waals surface area contributed by atoms with Crippen molar-refractivity contribution in [2.24, 2.45) is 5.92 Å². The number of rotatable bonds is 1. The zero-order chi connectivity index (χ0) is 17.7. The third kappa shape index (κ3) is 2.26. The van der Waals surface area contributed by atoms with Crippen LogP contribution in [0.4, 0.5) is 0 Å². The smallest absolute Gasteiger partial charge is 0.264 e. The van der Waals surface area contributed by atoms with Crippen LogP contribution in [0.2, 0.25) is 0 Å². The van der Waals surface area contributed by atoms with E-state index in [0.717, 1.165) is 17.7 Å². The first-order chi connectivity index (χ1) is 12.0. The molecule has 7 heteroatoms. The molecule has 130 valence electrons. The molecule has 3 aliphatic rings. The standard InChI is InChI=1S/C18H19N3O4/c1-11-10-14(22)19-8-4-5-9-20(19)18(25)15(11)21-16(23)12-6-2-3-7-13(12)17(21)24/h2-3,6-7,11,15H,4-5,8-10H2,1H3/t11-,15-/m0/s1. The summed E-state index contributed by atoms with van der Waals surface area (Å²) in [6, 6.07) is 5.64. The van der Waals surface area contributed by atoms with Gasteiger partial charge in [0.25, 0.3) is 17.7 Å². The lowest BCUT2D eigenvalue weighted by atomic mass is 9.96. The summed E-state index contributed by atoms with van der Waals surface area (Å²) in [6.45, 7) is 2.70. The van der Waals surface area contributed by atoms with Gasteiger partial charge in [0.05, 0.1) is 11.1 Å². The molecular weight excluding hydrogens is 322 g/mol. The van der Waals surface area contributed by atoms with Crippen molar-refractivity contribution in [1.82, 2.24) is 14.9 Å². The normalized spacial score (nSPS) is 26.7. The number of imide groups is 1. The molecule has 1 aromatic carbocycles. The number of hydrogen-bond donors (Lipinski definition) is 0. The SMILES string of the molecule is C[C@H]1CC(=O)N2CCCCN2C(=O)[C@H]1N1C(=O)c2ccccc2C1=O. The summed E-state index contributed by atoms with van der Waals surface area (Å²) in [5.41, 5.74) is 0.636. The number of hydrogen-bond acceptors (Lipinski definition) is 4. The van der Waals surface area contributed by atoms with Gasteiger partial charge in [-0.05, 0) is 30.9 Å². The lowest BCUT2D eigenvalue weighted by Crippen LogP contribution is -2.57. The van der Waals surface area contributed by atoms with Crippen molar-refractivity contribution in [3.05, 3.63) is 35.4 Å². The molecule has 2 fully saturated rings. The maximum absolute atomic E-state index is 13.2. The Labute approximate surface area is 145 Å². The maximum atomic E-state index is 13.2. The van der Waals surface area contributed by atoms with E-state index in [-0.39, 0.29) is 18.2 Å². The predicted molar refractivity (Wildman–Crippen MR) is 87.2 cm³/mol. The molecule has 0 bridgehead atoms. The van der Waals surface area contributed by atoms with Crippen LogP contribution < -0.4 is 0 Å². The van der Waals surface area contributed by atoms with Gasteiger partial charge in [-0.2, -0.15) is 0 Å². The molecule has 7 nitrogen and oxygen atoms in total. The van der Waals surface area contributed by atoms with Gasteiger partial charge in [-0.15, -0.1) is 0 Å². The Morgan fingerprint density at radius 3 is 2.04 bits per heavy atom. The molecule has 25 heavy (non-hydrogen) atoms. The highest BCUT2D eigenvalue weighted by molar-refractivity contribution is 6.23. The summed E-state index contributed by atoms with van der Waals surface area (Å²) in [5, 5.41) is 2.92. The molecule has 1 aromatic rings. The zero-order valence-corrected chi connectivity index (χ0v) is 14.0. The van der Waals surface area contributed by atoms with Crippen molar-refractivity contribution < 1.29 is 19.2 Å². The van der Waals surface area contributed by atoms with Crippen LogP contribution in [-0.2, 0) is 9.59 Å². The van der Waals surface area contributed by atoms with Gasteiger partial charge in [-0.1, -0.05) is 19.1 Å². The number of amides is 4. The van der Waals surface area contributed by atoms with Crippen molar-refractivity contribution >= 4 is 23.6 Å². The van der Waals surface area contributed by atoms with Crippen molar-refractivity contribution in [3.63, 3.8) is 0 Å². The van der Waals surface area contributed by atoms with Crippen LogP contribution in [0, 0.1) is 5.92 Å². The van der Waals surface area contributed by atoms with E-state index in [0.29, 0.717) is 24.2 Å². The fourth-order valence-electron chi connectivity index (χ4n) is 3.97. The molecule has 4 amide bonds. The Bertz CT molecular complexity index is 755. The number of nitrogens with zero attached hydrogens (tertiary/aromatic N) is 3. The topological polar surface area (TPSA) is 78.0 Å². The highest BCUT2D eigenvalue weighted by Crippen LogP contribution is 2.32. The Balaban J connectivity index is 1.74. The Morgan fingerprint density at radius 2 is 1.44 bits per heavy atom. The molecular formula is C18H19N3O4. The first-order valence-corrected chi connectivity index (χ1v) is 8.59. The van der Waals surface area contributed by atoms with Gasteiger partial charge in [0.15, 0.2) is 0 Å². The minimum Gasteiger partial charge on any atom is -0.273 e. The number of benzene rings is 1. The molecule has 0 unspecified atom stereocenters. The second-order valence-electron chi connectivity index (χ2n) is 6.84. The fraction of sp³-hybridized carbons (Fsp3) is 0.444. The molecule has 0 aromatic heterocycles. The van der Waals surface area contributed by atoms with E-state index >= 15 is 0 Å². The van der Waals surface area contributed by atoms with Gasteiger partial charge >= 0.3 is 0 Å². The number of carbonyl (C=O) groups excluding carboxylic acids is 4. The van der Waals surface area contributed by atoms with E-state index in [1.54, 1.807) is 31.2 Å². The molecule has 0 radical (unpaired) electrons. The van der Waals surface area contributed by atoms with E-state index in [2.05, 4.69) is 0 Å². The Kier molecular flexibility index (Phi) is 3.59. The minimum atomic E-state index is -0.945. The Hall–Kier alpha value is -2.70. The van der Waals surface area contributed by atoms with Crippen LogP contribution in [0.25, 0.3) is 0 Å². The van der Waals surface area contributed by atoms with Crippen molar-refractivity contribution in [3.8, 4) is 0 Å². The lowest BCUT2D eigenvalue weighted by Gasteiger charge is -2.39. The van der Waals surface area contributed by atoms with Gasteiger partial charge in [-0.25, -0.2) is 5.01 Å². The maximum Gasteiger partial charge on any atom is 0.264 e. The minimum absolute atomic E-state index is 0.125. The zero-order valence-electron chi connectivity index (χ0n) is 14.0. The Morgan fingerprint density at radius 1 is 0.880 bits per heavy atom. The molecule has 4 rings (SSSR count). The van der Waals surface area contributed by atoms with E-state index in [1.165, 1.54) is 10.0 Å².